The zero-order chi connectivity index (χ0) is 14.7. The predicted octanol–water partition coefficient (Wildman–Crippen LogP) is 2.93. The van der Waals surface area contributed by atoms with E-state index in [0.29, 0.717) is 5.92 Å². The van der Waals surface area contributed by atoms with E-state index in [0.717, 1.165) is 30.3 Å². The van der Waals surface area contributed by atoms with Gasteiger partial charge in [-0.05, 0) is 43.9 Å². The maximum absolute atomic E-state index is 9.44. The Bertz CT molecular complexity index is 434. The van der Waals surface area contributed by atoms with Crippen molar-refractivity contribution in [2.24, 2.45) is 11.7 Å². The summed E-state index contributed by atoms with van der Waals surface area (Å²) in [6.07, 6.45) is 2.71. The van der Waals surface area contributed by atoms with Crippen molar-refractivity contribution in [3.8, 4) is 0 Å². The van der Waals surface area contributed by atoms with Crippen LogP contribution in [0.3, 0.4) is 0 Å². The van der Waals surface area contributed by atoms with Gasteiger partial charge in [-0.15, -0.1) is 0 Å². The van der Waals surface area contributed by atoms with Crippen LogP contribution in [0.15, 0.2) is 28.7 Å². The number of hydrogen-bond donors (Lipinski definition) is 2. The summed E-state index contributed by atoms with van der Waals surface area (Å²) in [6, 6.07) is 8.65. The number of hydrogen-bond acceptors (Lipinski definition) is 3. The van der Waals surface area contributed by atoms with Gasteiger partial charge in [-0.3, -0.25) is 4.90 Å². The molecule has 0 saturated heterocycles. The maximum Gasteiger partial charge on any atom is 0.0546 e. The molecule has 0 heterocycles. The lowest BCUT2D eigenvalue weighted by molar-refractivity contribution is 0.0196. The molecule has 0 aromatic heterocycles. The molecule has 0 bridgehead atoms. The molecule has 2 unspecified atom stereocenters. The van der Waals surface area contributed by atoms with Gasteiger partial charge in [0.25, 0.3) is 0 Å². The molecule has 1 saturated carbocycles. The predicted molar refractivity (Wildman–Crippen MR) is 86.5 cm³/mol. The number of halogens is 1. The highest BCUT2D eigenvalue weighted by Gasteiger charge is 2.32. The second-order valence-electron chi connectivity index (χ2n) is 5.97. The molecule has 4 heteroatoms. The van der Waals surface area contributed by atoms with E-state index in [1.807, 2.05) is 6.07 Å². The zero-order valence-electron chi connectivity index (χ0n) is 12.3. The minimum Gasteiger partial charge on any atom is -0.393 e. The largest absolute Gasteiger partial charge is 0.393 e. The van der Waals surface area contributed by atoms with Crippen molar-refractivity contribution in [3.05, 3.63) is 34.3 Å². The summed E-state index contributed by atoms with van der Waals surface area (Å²) in [6.45, 7) is 3.13. The van der Waals surface area contributed by atoms with Gasteiger partial charge in [0, 0.05) is 17.1 Å². The number of rotatable bonds is 6. The van der Waals surface area contributed by atoms with Crippen LogP contribution in [-0.2, 0) is 0 Å². The van der Waals surface area contributed by atoms with E-state index in [4.69, 9.17) is 5.73 Å². The molecule has 0 spiro atoms. The molecule has 0 amide bonds. The van der Waals surface area contributed by atoms with Crippen LogP contribution in [0.1, 0.15) is 37.8 Å². The highest BCUT2D eigenvalue weighted by atomic mass is 79.9. The van der Waals surface area contributed by atoms with Crippen molar-refractivity contribution in [2.45, 2.75) is 44.4 Å². The first-order valence-corrected chi connectivity index (χ1v) is 8.20. The standard InChI is InChI=1S/C16H25BrN2O/c1-3-15(18)16(13-6-4-5-7-14(13)17)19(2)10-11-8-12(20)9-11/h4-7,11-12,15-16,20H,3,8-10,18H2,1-2H3. The van der Waals surface area contributed by atoms with Gasteiger partial charge in [0.05, 0.1) is 12.1 Å². The molecule has 0 aliphatic heterocycles. The van der Waals surface area contributed by atoms with Crippen molar-refractivity contribution in [3.63, 3.8) is 0 Å². The minimum atomic E-state index is -0.0878. The first-order valence-electron chi connectivity index (χ1n) is 7.41. The van der Waals surface area contributed by atoms with Gasteiger partial charge in [-0.2, -0.15) is 0 Å². The average molecular weight is 341 g/mol. The van der Waals surface area contributed by atoms with E-state index in [1.165, 1.54) is 5.56 Å². The van der Waals surface area contributed by atoms with E-state index in [1.54, 1.807) is 0 Å². The van der Waals surface area contributed by atoms with E-state index >= 15 is 0 Å². The molecular formula is C16H25BrN2O. The van der Waals surface area contributed by atoms with Crippen LogP contribution in [0.4, 0.5) is 0 Å². The molecule has 1 fully saturated rings. The van der Waals surface area contributed by atoms with E-state index in [9.17, 15) is 5.11 Å². The first-order chi connectivity index (χ1) is 9.52. The summed E-state index contributed by atoms with van der Waals surface area (Å²) in [5.74, 6) is 0.601. The van der Waals surface area contributed by atoms with E-state index in [-0.39, 0.29) is 18.2 Å². The highest BCUT2D eigenvalue weighted by molar-refractivity contribution is 9.10. The van der Waals surface area contributed by atoms with Crippen molar-refractivity contribution in [2.75, 3.05) is 13.6 Å². The second kappa shape index (κ2) is 7.03. The molecule has 0 radical (unpaired) electrons. The van der Waals surface area contributed by atoms with Gasteiger partial charge >= 0.3 is 0 Å². The van der Waals surface area contributed by atoms with Crippen LogP contribution in [0.2, 0.25) is 0 Å². The molecule has 1 aliphatic rings. The number of nitrogens with two attached hydrogens (primary N) is 1. The monoisotopic (exact) mass is 340 g/mol. The quantitative estimate of drug-likeness (QED) is 0.836. The average Bonchev–Trinajstić information content (AvgIpc) is 2.39. The summed E-state index contributed by atoms with van der Waals surface area (Å²) >= 11 is 3.65. The van der Waals surface area contributed by atoms with Gasteiger partial charge in [-0.25, -0.2) is 0 Å². The topological polar surface area (TPSA) is 49.5 Å². The number of likely N-dealkylation sites (N-methyl/N-ethyl adjacent to an activating group) is 1. The van der Waals surface area contributed by atoms with Crippen LogP contribution in [-0.4, -0.2) is 35.7 Å². The molecule has 3 N–H and O–H groups in total. The number of nitrogens with zero attached hydrogens (tertiary/aromatic N) is 1. The molecule has 1 aromatic rings. The lowest BCUT2D eigenvalue weighted by atomic mass is 9.81. The molecule has 1 aliphatic carbocycles. The molecule has 2 rings (SSSR count). The lowest BCUT2D eigenvalue weighted by Crippen LogP contribution is -2.44. The maximum atomic E-state index is 9.44. The Morgan fingerprint density at radius 2 is 2.05 bits per heavy atom. The fraction of sp³-hybridized carbons (Fsp3) is 0.625. The number of benzene rings is 1. The summed E-state index contributed by atoms with van der Waals surface area (Å²) in [4.78, 5) is 2.35. The molecule has 1 aromatic carbocycles. The van der Waals surface area contributed by atoms with Gasteiger partial charge < -0.3 is 10.8 Å². The minimum absolute atomic E-state index is 0.0878. The highest BCUT2D eigenvalue weighted by Crippen LogP contribution is 2.34. The van der Waals surface area contributed by atoms with Gasteiger partial charge in [0.15, 0.2) is 0 Å². The normalized spacial score (nSPS) is 25.3. The lowest BCUT2D eigenvalue weighted by Gasteiger charge is -2.39. The van der Waals surface area contributed by atoms with E-state index in [2.05, 4.69) is 53.0 Å². The summed E-state index contributed by atoms with van der Waals surface area (Å²) in [5.41, 5.74) is 7.62. The van der Waals surface area contributed by atoms with Crippen LogP contribution in [0, 0.1) is 5.92 Å². The molecule has 2 atom stereocenters. The smallest absolute Gasteiger partial charge is 0.0546 e. The van der Waals surface area contributed by atoms with Crippen molar-refractivity contribution in [1.82, 2.24) is 4.90 Å². The Morgan fingerprint density at radius 1 is 1.40 bits per heavy atom. The van der Waals surface area contributed by atoms with Crippen LogP contribution < -0.4 is 5.73 Å². The Labute approximate surface area is 130 Å². The summed E-state index contributed by atoms with van der Waals surface area (Å²) in [5, 5.41) is 9.44. The van der Waals surface area contributed by atoms with Crippen LogP contribution >= 0.6 is 15.9 Å². The Kier molecular flexibility index (Phi) is 5.61. The fourth-order valence-corrected chi connectivity index (χ4v) is 3.62. The van der Waals surface area contributed by atoms with Crippen molar-refractivity contribution in [1.29, 1.82) is 0 Å². The van der Waals surface area contributed by atoms with Crippen LogP contribution in [0.5, 0.6) is 0 Å². The van der Waals surface area contributed by atoms with Crippen molar-refractivity contribution < 1.29 is 5.11 Å². The van der Waals surface area contributed by atoms with Gasteiger partial charge in [0.1, 0.15) is 0 Å². The van der Waals surface area contributed by atoms with Gasteiger partial charge in [-0.1, -0.05) is 41.1 Å². The molecule has 112 valence electrons. The van der Waals surface area contributed by atoms with Crippen LogP contribution in [0.25, 0.3) is 0 Å². The third-order valence-corrected chi connectivity index (χ3v) is 5.05. The molecule has 3 nitrogen and oxygen atoms in total. The zero-order valence-corrected chi connectivity index (χ0v) is 13.9. The SMILES string of the molecule is CCC(N)C(c1ccccc1Br)N(C)CC1CC(O)C1. The third-order valence-electron chi connectivity index (χ3n) is 4.33. The Hall–Kier alpha value is -0.420. The Balaban J connectivity index is 2.13. The van der Waals surface area contributed by atoms with E-state index < -0.39 is 0 Å². The summed E-state index contributed by atoms with van der Waals surface area (Å²) in [7, 11) is 2.14. The molecular weight excluding hydrogens is 316 g/mol. The number of aliphatic hydroxyl groups is 1. The third kappa shape index (κ3) is 3.61. The first kappa shape index (κ1) is 16.0. The van der Waals surface area contributed by atoms with Gasteiger partial charge in [0.2, 0.25) is 0 Å². The summed E-state index contributed by atoms with van der Waals surface area (Å²) < 4.78 is 1.12. The number of aliphatic hydroxyl groups excluding tert-OH is 1. The Morgan fingerprint density at radius 3 is 2.60 bits per heavy atom. The fourth-order valence-electron chi connectivity index (χ4n) is 3.10. The second-order valence-corrected chi connectivity index (χ2v) is 6.82. The molecule has 20 heavy (non-hydrogen) atoms. The van der Waals surface area contributed by atoms with Crippen molar-refractivity contribution >= 4 is 15.9 Å².